The number of carbonyl (C=O) groups is 1. The molecule has 0 saturated heterocycles. The molecule has 1 rings (SSSR count). The van der Waals surface area contributed by atoms with E-state index in [4.69, 9.17) is 10.5 Å². The summed E-state index contributed by atoms with van der Waals surface area (Å²) in [5.74, 6) is 0.0188. The van der Waals surface area contributed by atoms with Crippen molar-refractivity contribution in [2.45, 2.75) is 39.2 Å². The first-order valence-electron chi connectivity index (χ1n) is 5.15. The fraction of sp³-hybridized carbons (Fsp3) is 0.545. The molecule has 0 aliphatic heterocycles. The number of hydrogen-bond acceptors (Lipinski definition) is 5. The summed E-state index contributed by atoms with van der Waals surface area (Å²) < 4.78 is 5.18. The summed E-state index contributed by atoms with van der Waals surface area (Å²) in [5.41, 5.74) is 5.79. The van der Waals surface area contributed by atoms with E-state index < -0.39 is 5.60 Å². The Bertz CT molecular complexity index is 354. The lowest BCUT2D eigenvalue weighted by molar-refractivity contribution is -0.154. The summed E-state index contributed by atoms with van der Waals surface area (Å²) in [6.07, 6.45) is 4.12. The standard InChI is InChI=1S/C11H17N3O2/c1-11(2,3)16-9(15)5-4-8-6-13-10(12)14-7-8/h6-7H,4-5H2,1-3H3,(H2,12,13,14). The molecule has 0 amide bonds. The number of nitrogens with zero attached hydrogens (tertiary/aromatic N) is 2. The van der Waals surface area contributed by atoms with E-state index in [1.54, 1.807) is 12.4 Å². The molecule has 16 heavy (non-hydrogen) atoms. The van der Waals surface area contributed by atoms with Crippen molar-refractivity contribution in [1.82, 2.24) is 9.97 Å². The van der Waals surface area contributed by atoms with Crippen LogP contribution in [0.3, 0.4) is 0 Å². The van der Waals surface area contributed by atoms with Crippen LogP contribution in [-0.4, -0.2) is 21.5 Å². The van der Waals surface area contributed by atoms with Gasteiger partial charge >= 0.3 is 5.97 Å². The summed E-state index contributed by atoms with van der Waals surface area (Å²) in [6.45, 7) is 5.53. The normalized spacial score (nSPS) is 11.2. The number of nitrogens with two attached hydrogens (primary N) is 1. The van der Waals surface area contributed by atoms with Gasteiger partial charge in [-0.05, 0) is 32.8 Å². The predicted molar refractivity (Wildman–Crippen MR) is 60.6 cm³/mol. The third-order valence-corrected chi connectivity index (χ3v) is 1.76. The van der Waals surface area contributed by atoms with Gasteiger partial charge in [0.25, 0.3) is 0 Å². The summed E-state index contributed by atoms with van der Waals surface area (Å²) >= 11 is 0. The quantitative estimate of drug-likeness (QED) is 0.782. The maximum Gasteiger partial charge on any atom is 0.306 e. The predicted octanol–water partition coefficient (Wildman–Crippen LogP) is 1.33. The Morgan fingerprint density at radius 3 is 2.44 bits per heavy atom. The molecule has 5 heteroatoms. The minimum Gasteiger partial charge on any atom is -0.460 e. The molecule has 0 radical (unpaired) electrons. The highest BCUT2D eigenvalue weighted by atomic mass is 16.6. The molecule has 0 saturated carbocycles. The van der Waals surface area contributed by atoms with Crippen molar-refractivity contribution in [3.05, 3.63) is 18.0 Å². The first-order valence-corrected chi connectivity index (χ1v) is 5.15. The molecule has 0 bridgehead atoms. The lowest BCUT2D eigenvalue weighted by Gasteiger charge is -2.19. The van der Waals surface area contributed by atoms with Crippen molar-refractivity contribution in [2.24, 2.45) is 0 Å². The Morgan fingerprint density at radius 2 is 1.94 bits per heavy atom. The van der Waals surface area contributed by atoms with E-state index in [2.05, 4.69) is 9.97 Å². The van der Waals surface area contributed by atoms with Gasteiger partial charge in [0.1, 0.15) is 5.60 Å². The van der Waals surface area contributed by atoms with Crippen LogP contribution in [0, 0.1) is 0 Å². The van der Waals surface area contributed by atoms with Crippen LogP contribution >= 0.6 is 0 Å². The number of ether oxygens (including phenoxy) is 1. The van der Waals surface area contributed by atoms with Gasteiger partial charge in [-0.1, -0.05) is 0 Å². The maximum atomic E-state index is 11.4. The summed E-state index contributed by atoms with van der Waals surface area (Å²) in [5, 5.41) is 0. The zero-order valence-corrected chi connectivity index (χ0v) is 9.86. The number of hydrogen-bond donors (Lipinski definition) is 1. The molecule has 0 aromatic carbocycles. The highest BCUT2D eigenvalue weighted by Gasteiger charge is 2.15. The van der Waals surface area contributed by atoms with Crippen LogP contribution < -0.4 is 5.73 Å². The first kappa shape index (κ1) is 12.4. The molecular weight excluding hydrogens is 206 g/mol. The topological polar surface area (TPSA) is 78.1 Å². The average molecular weight is 223 g/mol. The van der Waals surface area contributed by atoms with E-state index in [9.17, 15) is 4.79 Å². The molecule has 2 N–H and O–H groups in total. The Kier molecular flexibility index (Phi) is 3.82. The summed E-state index contributed by atoms with van der Waals surface area (Å²) in [6, 6.07) is 0. The highest BCUT2D eigenvalue weighted by molar-refractivity contribution is 5.70. The van der Waals surface area contributed by atoms with E-state index >= 15 is 0 Å². The lowest BCUT2D eigenvalue weighted by Crippen LogP contribution is -2.24. The lowest BCUT2D eigenvalue weighted by atomic mass is 10.1. The number of nitrogen functional groups attached to an aromatic ring is 1. The molecule has 1 aromatic rings. The average Bonchev–Trinajstić information content (AvgIpc) is 2.14. The largest absolute Gasteiger partial charge is 0.460 e. The smallest absolute Gasteiger partial charge is 0.306 e. The van der Waals surface area contributed by atoms with Gasteiger partial charge in [0.2, 0.25) is 5.95 Å². The molecule has 0 aliphatic carbocycles. The van der Waals surface area contributed by atoms with Gasteiger partial charge in [-0.25, -0.2) is 9.97 Å². The number of carbonyl (C=O) groups excluding carboxylic acids is 1. The van der Waals surface area contributed by atoms with E-state index in [-0.39, 0.29) is 11.9 Å². The fourth-order valence-electron chi connectivity index (χ4n) is 1.13. The zero-order chi connectivity index (χ0) is 12.2. The van der Waals surface area contributed by atoms with Crippen molar-refractivity contribution >= 4 is 11.9 Å². The van der Waals surface area contributed by atoms with Gasteiger partial charge in [-0.2, -0.15) is 0 Å². The molecule has 1 heterocycles. The van der Waals surface area contributed by atoms with Crippen LogP contribution in [0.5, 0.6) is 0 Å². The van der Waals surface area contributed by atoms with Crippen LogP contribution in [0.25, 0.3) is 0 Å². The molecule has 5 nitrogen and oxygen atoms in total. The Morgan fingerprint density at radius 1 is 1.38 bits per heavy atom. The van der Waals surface area contributed by atoms with Crippen LogP contribution in [0.1, 0.15) is 32.8 Å². The van der Waals surface area contributed by atoms with Gasteiger partial charge in [0, 0.05) is 18.8 Å². The van der Waals surface area contributed by atoms with Crippen molar-refractivity contribution < 1.29 is 9.53 Å². The van der Waals surface area contributed by atoms with Gasteiger partial charge in [0.15, 0.2) is 0 Å². The van der Waals surface area contributed by atoms with Gasteiger partial charge < -0.3 is 10.5 Å². The summed E-state index contributed by atoms with van der Waals surface area (Å²) in [7, 11) is 0. The second-order valence-corrected chi connectivity index (χ2v) is 4.54. The molecule has 1 aromatic heterocycles. The Labute approximate surface area is 95.0 Å². The Hall–Kier alpha value is -1.65. The number of aryl methyl sites for hydroxylation is 1. The van der Waals surface area contributed by atoms with Crippen LogP contribution in [0.2, 0.25) is 0 Å². The SMILES string of the molecule is CC(C)(C)OC(=O)CCc1cnc(N)nc1. The van der Waals surface area contributed by atoms with E-state index in [1.807, 2.05) is 20.8 Å². The molecule has 0 atom stereocenters. The van der Waals surface area contributed by atoms with Crippen molar-refractivity contribution in [3.63, 3.8) is 0 Å². The van der Waals surface area contributed by atoms with Gasteiger partial charge in [0.05, 0.1) is 0 Å². The molecule has 0 spiro atoms. The number of aromatic nitrogens is 2. The molecule has 0 aliphatic rings. The third kappa shape index (κ3) is 4.72. The minimum atomic E-state index is -0.436. The Balaban J connectivity index is 2.40. The highest BCUT2D eigenvalue weighted by Crippen LogP contribution is 2.10. The second-order valence-electron chi connectivity index (χ2n) is 4.54. The zero-order valence-electron chi connectivity index (χ0n) is 9.86. The van der Waals surface area contributed by atoms with Gasteiger partial charge in [-0.15, -0.1) is 0 Å². The number of esters is 1. The molecular formula is C11H17N3O2. The van der Waals surface area contributed by atoms with Gasteiger partial charge in [-0.3, -0.25) is 4.79 Å². The third-order valence-electron chi connectivity index (χ3n) is 1.76. The maximum absolute atomic E-state index is 11.4. The molecule has 0 fully saturated rings. The summed E-state index contributed by atoms with van der Waals surface area (Å²) in [4.78, 5) is 19.1. The van der Waals surface area contributed by atoms with E-state index in [0.29, 0.717) is 12.8 Å². The molecule has 0 unspecified atom stereocenters. The number of rotatable bonds is 3. The van der Waals surface area contributed by atoms with Crippen molar-refractivity contribution in [1.29, 1.82) is 0 Å². The monoisotopic (exact) mass is 223 g/mol. The fourth-order valence-corrected chi connectivity index (χ4v) is 1.13. The van der Waals surface area contributed by atoms with E-state index in [0.717, 1.165) is 5.56 Å². The number of anilines is 1. The first-order chi connectivity index (χ1) is 7.37. The minimum absolute atomic E-state index is 0.218. The molecule has 88 valence electrons. The van der Waals surface area contributed by atoms with Crippen LogP contribution in [0.4, 0.5) is 5.95 Å². The van der Waals surface area contributed by atoms with E-state index in [1.165, 1.54) is 0 Å². The van der Waals surface area contributed by atoms with Crippen LogP contribution in [0.15, 0.2) is 12.4 Å². The van der Waals surface area contributed by atoms with Crippen molar-refractivity contribution in [3.8, 4) is 0 Å². The van der Waals surface area contributed by atoms with Crippen LogP contribution in [-0.2, 0) is 16.0 Å². The van der Waals surface area contributed by atoms with Crippen molar-refractivity contribution in [2.75, 3.05) is 5.73 Å². The second kappa shape index (κ2) is 4.92.